The minimum absolute atomic E-state index is 0.284. The Balaban J connectivity index is 2.48. The summed E-state index contributed by atoms with van der Waals surface area (Å²) in [5.41, 5.74) is 0.736. The molecule has 36 heavy (non-hydrogen) atoms. The highest BCUT2D eigenvalue weighted by Crippen LogP contribution is 2.22. The van der Waals surface area contributed by atoms with Crippen molar-refractivity contribution in [2.24, 2.45) is 5.41 Å². The van der Waals surface area contributed by atoms with Crippen LogP contribution in [0.15, 0.2) is 9.59 Å². The van der Waals surface area contributed by atoms with E-state index >= 15 is 0 Å². The molecular weight excluding hydrogens is 446 g/mol. The van der Waals surface area contributed by atoms with Crippen molar-refractivity contribution >= 4 is 11.4 Å². The van der Waals surface area contributed by atoms with Gasteiger partial charge in [0.1, 0.15) is 11.4 Å². The van der Waals surface area contributed by atoms with E-state index in [1.54, 1.807) is 0 Å². The smallest absolute Gasteiger partial charge is 0.253 e. The average molecular weight is 506 g/mol. The quantitative estimate of drug-likeness (QED) is 0.124. The van der Waals surface area contributed by atoms with Gasteiger partial charge >= 0.3 is 0 Å². The normalized spacial score (nSPS) is 12.1. The largest absolute Gasteiger partial charge is 0.380 e. The third-order valence-corrected chi connectivity index (χ3v) is 7.30. The predicted octanol–water partition coefficient (Wildman–Crippen LogP) is 7.37. The van der Waals surface area contributed by atoms with Gasteiger partial charge in [0.25, 0.3) is 10.9 Å². The number of nitrogens with one attached hydrogen (secondary N) is 1. The molecule has 0 aromatic heterocycles. The van der Waals surface area contributed by atoms with Gasteiger partial charge in [-0.15, -0.1) is 0 Å². The number of unbranched alkanes of at least 4 members (excludes halogenated alkanes) is 10. The molecule has 0 radical (unpaired) electrons. The molecule has 1 aromatic rings. The van der Waals surface area contributed by atoms with Crippen molar-refractivity contribution in [3.05, 3.63) is 20.4 Å². The first kappa shape index (κ1) is 32.7. The summed E-state index contributed by atoms with van der Waals surface area (Å²) in [5.74, 6) is 0. The van der Waals surface area contributed by atoms with E-state index in [0.717, 1.165) is 38.9 Å². The summed E-state index contributed by atoms with van der Waals surface area (Å²) >= 11 is 0. The predicted molar refractivity (Wildman–Crippen MR) is 160 cm³/mol. The zero-order chi connectivity index (χ0) is 26.8. The lowest BCUT2D eigenvalue weighted by molar-refractivity contribution is 0.258. The van der Waals surface area contributed by atoms with E-state index in [4.69, 9.17) is 0 Å². The first-order chi connectivity index (χ1) is 17.2. The van der Waals surface area contributed by atoms with Gasteiger partial charge in [-0.05, 0) is 57.2 Å². The maximum Gasteiger partial charge on any atom is 0.253 e. The molecule has 0 bridgehead atoms. The Morgan fingerprint density at radius 3 is 1.67 bits per heavy atom. The highest BCUT2D eigenvalue weighted by Gasteiger charge is 2.24. The van der Waals surface area contributed by atoms with Crippen LogP contribution in [0, 0.1) is 5.41 Å². The van der Waals surface area contributed by atoms with E-state index in [2.05, 4.69) is 44.8 Å². The van der Waals surface area contributed by atoms with Crippen LogP contribution in [0.25, 0.3) is 0 Å². The topological polar surface area (TPSA) is 52.6 Å². The molecule has 0 atom stereocenters. The van der Waals surface area contributed by atoms with Crippen LogP contribution in [-0.4, -0.2) is 44.7 Å². The van der Waals surface area contributed by atoms with E-state index in [-0.39, 0.29) is 16.3 Å². The standard InChI is InChI=1S/C31H59N3O2/c1-7-9-11-13-15-17-24-34(25-18-16-14-12-10-8-2)26-20-23-33(6)28-27(29(35)30(28)36)32-22-19-21-31(3,4)5/h32H,7-26H2,1-6H3. The maximum absolute atomic E-state index is 12.3. The number of anilines is 2. The number of rotatable bonds is 23. The van der Waals surface area contributed by atoms with Crippen LogP contribution in [0.4, 0.5) is 11.4 Å². The lowest BCUT2D eigenvalue weighted by atomic mass is 9.90. The number of hydrogen-bond acceptors (Lipinski definition) is 5. The SMILES string of the molecule is CCCCCCCCN(CCCCCCCC)CCCN(C)c1c(NCCCC(C)(C)C)c(=O)c1=O. The van der Waals surface area contributed by atoms with Crippen molar-refractivity contribution in [2.75, 3.05) is 50.0 Å². The van der Waals surface area contributed by atoms with Gasteiger partial charge in [0, 0.05) is 20.1 Å². The summed E-state index contributed by atoms with van der Waals surface area (Å²) in [6, 6.07) is 0. The van der Waals surface area contributed by atoms with Crippen molar-refractivity contribution in [3.8, 4) is 0 Å². The minimum Gasteiger partial charge on any atom is -0.380 e. The minimum atomic E-state index is -0.347. The first-order valence-electron chi connectivity index (χ1n) is 15.2. The van der Waals surface area contributed by atoms with E-state index in [1.165, 1.54) is 90.1 Å². The Morgan fingerprint density at radius 1 is 0.639 bits per heavy atom. The van der Waals surface area contributed by atoms with E-state index < -0.39 is 0 Å². The van der Waals surface area contributed by atoms with E-state index in [0.29, 0.717) is 11.4 Å². The highest BCUT2D eigenvalue weighted by molar-refractivity contribution is 5.74. The fourth-order valence-corrected chi connectivity index (χ4v) is 4.95. The summed E-state index contributed by atoms with van der Waals surface area (Å²) in [6.07, 6.45) is 19.1. The van der Waals surface area contributed by atoms with E-state index in [9.17, 15) is 9.59 Å². The molecule has 0 aliphatic carbocycles. The Bertz CT molecular complexity index is 730. The molecule has 0 unspecified atom stereocenters. The fourth-order valence-electron chi connectivity index (χ4n) is 4.95. The molecule has 0 fully saturated rings. The van der Waals surface area contributed by atoms with Crippen molar-refractivity contribution < 1.29 is 0 Å². The molecule has 0 saturated carbocycles. The van der Waals surface area contributed by atoms with E-state index in [1.807, 2.05) is 11.9 Å². The van der Waals surface area contributed by atoms with Crippen LogP contribution in [0.2, 0.25) is 0 Å². The van der Waals surface area contributed by atoms with Crippen LogP contribution >= 0.6 is 0 Å². The van der Waals surface area contributed by atoms with Gasteiger partial charge in [0.15, 0.2) is 0 Å². The van der Waals surface area contributed by atoms with Gasteiger partial charge in [-0.3, -0.25) is 9.59 Å². The summed E-state index contributed by atoms with van der Waals surface area (Å²) < 4.78 is 0. The first-order valence-corrected chi connectivity index (χ1v) is 15.2. The number of nitrogens with zero attached hydrogens (tertiary/aromatic N) is 2. The third kappa shape index (κ3) is 13.8. The Morgan fingerprint density at radius 2 is 1.14 bits per heavy atom. The Hall–Kier alpha value is -1.36. The van der Waals surface area contributed by atoms with Gasteiger partial charge in [0.05, 0.1) is 0 Å². The van der Waals surface area contributed by atoms with Gasteiger partial charge < -0.3 is 15.1 Å². The molecule has 0 saturated heterocycles. The van der Waals surface area contributed by atoms with Crippen molar-refractivity contribution in [3.63, 3.8) is 0 Å². The summed E-state index contributed by atoms with van der Waals surface area (Å²) in [5, 5.41) is 3.26. The molecule has 1 rings (SSSR count). The zero-order valence-corrected chi connectivity index (χ0v) is 24.9. The molecule has 0 aliphatic rings. The molecule has 1 N–H and O–H groups in total. The molecule has 5 nitrogen and oxygen atoms in total. The molecule has 0 aliphatic heterocycles. The molecule has 0 heterocycles. The molecule has 1 aromatic carbocycles. The third-order valence-electron chi connectivity index (χ3n) is 7.30. The lowest BCUT2D eigenvalue weighted by Gasteiger charge is -2.27. The van der Waals surface area contributed by atoms with Crippen LogP contribution in [-0.2, 0) is 0 Å². The fraction of sp³-hybridized carbons (Fsp3) is 0.871. The van der Waals surface area contributed by atoms with Gasteiger partial charge in [0.2, 0.25) is 0 Å². The molecule has 0 spiro atoms. The van der Waals surface area contributed by atoms with Crippen LogP contribution in [0.1, 0.15) is 131 Å². The van der Waals surface area contributed by atoms with Crippen molar-refractivity contribution in [1.82, 2.24) is 4.90 Å². The molecule has 5 heteroatoms. The lowest BCUT2D eigenvalue weighted by Crippen LogP contribution is -2.42. The molecular formula is C31H59N3O2. The maximum atomic E-state index is 12.3. The highest BCUT2D eigenvalue weighted by atomic mass is 16.2. The Kier molecular flexibility index (Phi) is 17.1. The van der Waals surface area contributed by atoms with Crippen LogP contribution in [0.3, 0.4) is 0 Å². The second kappa shape index (κ2) is 18.8. The number of hydrogen-bond donors (Lipinski definition) is 1. The van der Waals surface area contributed by atoms with Crippen LogP contribution < -0.4 is 21.1 Å². The summed E-state index contributed by atoms with van der Waals surface area (Å²) in [4.78, 5) is 29.1. The van der Waals surface area contributed by atoms with Gasteiger partial charge in [-0.1, -0.05) is 98.8 Å². The van der Waals surface area contributed by atoms with Crippen molar-refractivity contribution in [2.45, 2.75) is 131 Å². The van der Waals surface area contributed by atoms with Crippen LogP contribution in [0.5, 0.6) is 0 Å². The second-order valence-electron chi connectivity index (χ2n) is 12.1. The summed E-state index contributed by atoms with van der Waals surface area (Å²) in [6.45, 7) is 16.2. The molecule has 210 valence electrons. The molecule has 0 amide bonds. The van der Waals surface area contributed by atoms with Gasteiger partial charge in [-0.25, -0.2) is 0 Å². The monoisotopic (exact) mass is 505 g/mol. The average Bonchev–Trinajstić information content (AvgIpc) is 2.83. The Labute approximate surface area is 223 Å². The zero-order valence-electron chi connectivity index (χ0n) is 24.9. The van der Waals surface area contributed by atoms with Crippen molar-refractivity contribution in [1.29, 1.82) is 0 Å². The second-order valence-corrected chi connectivity index (χ2v) is 12.1. The van der Waals surface area contributed by atoms with Gasteiger partial charge in [-0.2, -0.15) is 0 Å². The summed E-state index contributed by atoms with van der Waals surface area (Å²) in [7, 11) is 1.96.